The molecule has 0 radical (unpaired) electrons. The second-order valence-corrected chi connectivity index (χ2v) is 11.1. The summed E-state index contributed by atoms with van der Waals surface area (Å²) in [5.74, 6) is 1.93. The molecule has 6 heteroatoms. The van der Waals surface area contributed by atoms with Gasteiger partial charge in [0.15, 0.2) is 17.5 Å². The molecule has 186 valence electrons. The number of fused-ring (bicyclic) bond motifs is 3. The molecule has 5 aromatic carbocycles. The van der Waals surface area contributed by atoms with Crippen molar-refractivity contribution in [1.29, 1.82) is 0 Å². The van der Waals surface area contributed by atoms with Crippen molar-refractivity contribution >= 4 is 53.7 Å². The molecule has 0 bridgehead atoms. The smallest absolute Gasteiger partial charge is 0.164 e. The van der Waals surface area contributed by atoms with E-state index in [1.54, 1.807) is 0 Å². The molecule has 39 heavy (non-hydrogen) atoms. The van der Waals surface area contributed by atoms with Gasteiger partial charge in [-0.2, -0.15) is 0 Å². The van der Waals surface area contributed by atoms with Crippen LogP contribution in [0.2, 0.25) is 0 Å². The van der Waals surface area contributed by atoms with E-state index in [1.807, 2.05) is 60.7 Å². The summed E-state index contributed by atoms with van der Waals surface area (Å²) in [6.07, 6.45) is 0. The first-order chi connectivity index (χ1) is 19.1. The third-order valence-electron chi connectivity index (χ3n) is 6.75. The molecular weight excluding hydrogens is 612 g/mol. The first-order valence-corrected chi connectivity index (χ1v) is 14.1. The van der Waals surface area contributed by atoms with Crippen molar-refractivity contribution in [3.63, 3.8) is 0 Å². The predicted molar refractivity (Wildman–Crippen MR) is 166 cm³/mol. The van der Waals surface area contributed by atoms with Gasteiger partial charge in [0.05, 0.1) is 11.0 Å². The van der Waals surface area contributed by atoms with Crippen LogP contribution >= 0.6 is 31.9 Å². The molecule has 4 nitrogen and oxygen atoms in total. The molecule has 2 aromatic heterocycles. The minimum Gasteiger partial charge on any atom is -0.309 e. The molecule has 7 rings (SSSR count). The van der Waals surface area contributed by atoms with Crippen molar-refractivity contribution in [2.75, 3.05) is 0 Å². The minimum absolute atomic E-state index is 0.635. The second-order valence-electron chi connectivity index (χ2n) is 9.25. The number of hydrogen-bond donors (Lipinski definition) is 0. The largest absolute Gasteiger partial charge is 0.309 e. The lowest BCUT2D eigenvalue weighted by atomic mass is 10.1. The van der Waals surface area contributed by atoms with Crippen LogP contribution in [0.5, 0.6) is 0 Å². The molecule has 0 fully saturated rings. The van der Waals surface area contributed by atoms with E-state index in [0.717, 1.165) is 42.4 Å². The first kappa shape index (κ1) is 23.9. The molecule has 0 saturated carbocycles. The Hall–Kier alpha value is -4.13. The van der Waals surface area contributed by atoms with Crippen molar-refractivity contribution in [3.05, 3.63) is 130 Å². The van der Waals surface area contributed by atoms with Crippen molar-refractivity contribution in [2.24, 2.45) is 0 Å². The van der Waals surface area contributed by atoms with Crippen LogP contribution in [0.4, 0.5) is 0 Å². The average molecular weight is 632 g/mol. The summed E-state index contributed by atoms with van der Waals surface area (Å²) in [4.78, 5) is 14.7. The molecule has 7 aromatic rings. The highest BCUT2D eigenvalue weighted by molar-refractivity contribution is 9.10. The Morgan fingerprint density at radius 1 is 0.436 bits per heavy atom. The van der Waals surface area contributed by atoms with E-state index in [4.69, 9.17) is 15.0 Å². The monoisotopic (exact) mass is 630 g/mol. The lowest BCUT2D eigenvalue weighted by Crippen LogP contribution is -2.01. The summed E-state index contributed by atoms with van der Waals surface area (Å²) in [7, 11) is 0. The van der Waals surface area contributed by atoms with Gasteiger partial charge in [0.1, 0.15) is 0 Å². The van der Waals surface area contributed by atoms with Crippen LogP contribution in [-0.4, -0.2) is 19.5 Å². The Balaban J connectivity index is 1.44. The average Bonchev–Trinajstić information content (AvgIpc) is 3.30. The third-order valence-corrected chi connectivity index (χ3v) is 7.74. The van der Waals surface area contributed by atoms with Gasteiger partial charge in [-0.25, -0.2) is 15.0 Å². The Kier molecular flexibility index (Phi) is 6.06. The summed E-state index contributed by atoms with van der Waals surface area (Å²) in [5.41, 5.74) is 6.14. The van der Waals surface area contributed by atoms with E-state index in [1.165, 1.54) is 10.8 Å². The Morgan fingerprint density at radius 2 is 0.897 bits per heavy atom. The normalized spacial score (nSPS) is 11.3. The van der Waals surface area contributed by atoms with Crippen LogP contribution in [0.3, 0.4) is 0 Å². The number of benzene rings is 5. The SMILES string of the molecule is Brc1ccc2c(c1)c1cc(Br)ccc1n2-c1cccc(-c2nc(-c3ccccc3)nc(-c3ccccc3)n2)c1. The van der Waals surface area contributed by atoms with Gasteiger partial charge in [-0.1, -0.05) is 105 Å². The zero-order chi connectivity index (χ0) is 26.3. The number of halogens is 2. The number of aromatic nitrogens is 4. The highest BCUT2D eigenvalue weighted by Gasteiger charge is 2.16. The van der Waals surface area contributed by atoms with Gasteiger partial charge in [0.2, 0.25) is 0 Å². The summed E-state index contributed by atoms with van der Waals surface area (Å²) < 4.78 is 4.40. The third kappa shape index (κ3) is 4.46. The van der Waals surface area contributed by atoms with Crippen LogP contribution in [0, 0.1) is 0 Å². The first-order valence-electron chi connectivity index (χ1n) is 12.5. The van der Waals surface area contributed by atoms with Crippen molar-refractivity contribution in [2.45, 2.75) is 0 Å². The topological polar surface area (TPSA) is 43.6 Å². The van der Waals surface area contributed by atoms with E-state index in [2.05, 4.69) is 97.1 Å². The highest BCUT2D eigenvalue weighted by atomic mass is 79.9. The zero-order valence-electron chi connectivity index (χ0n) is 20.6. The Morgan fingerprint density at radius 3 is 1.41 bits per heavy atom. The van der Waals surface area contributed by atoms with E-state index >= 15 is 0 Å². The van der Waals surface area contributed by atoms with E-state index in [0.29, 0.717) is 17.5 Å². The lowest BCUT2D eigenvalue weighted by molar-refractivity contribution is 1.07. The maximum absolute atomic E-state index is 4.93. The van der Waals surface area contributed by atoms with Gasteiger partial charge >= 0.3 is 0 Å². The highest BCUT2D eigenvalue weighted by Crippen LogP contribution is 2.36. The molecule has 0 amide bonds. The van der Waals surface area contributed by atoms with Crippen molar-refractivity contribution in [1.82, 2.24) is 19.5 Å². The summed E-state index contributed by atoms with van der Waals surface area (Å²) in [6, 6.07) is 41.3. The molecular formula is C33H20Br2N4. The van der Waals surface area contributed by atoms with Gasteiger partial charge in [0.25, 0.3) is 0 Å². The number of hydrogen-bond acceptors (Lipinski definition) is 3. The van der Waals surface area contributed by atoms with Crippen LogP contribution in [0.25, 0.3) is 61.7 Å². The van der Waals surface area contributed by atoms with Crippen LogP contribution in [-0.2, 0) is 0 Å². The van der Waals surface area contributed by atoms with E-state index < -0.39 is 0 Å². The molecule has 0 N–H and O–H groups in total. The van der Waals surface area contributed by atoms with Gasteiger partial charge in [-0.15, -0.1) is 0 Å². The van der Waals surface area contributed by atoms with Gasteiger partial charge in [-0.05, 0) is 48.5 Å². The van der Waals surface area contributed by atoms with Crippen LogP contribution < -0.4 is 0 Å². The van der Waals surface area contributed by atoms with Crippen molar-refractivity contribution in [3.8, 4) is 39.9 Å². The van der Waals surface area contributed by atoms with E-state index in [9.17, 15) is 0 Å². The van der Waals surface area contributed by atoms with Gasteiger partial charge < -0.3 is 4.57 Å². The molecule has 0 saturated heterocycles. The minimum atomic E-state index is 0.635. The fourth-order valence-electron chi connectivity index (χ4n) is 4.97. The summed E-state index contributed by atoms with van der Waals surface area (Å²) in [6.45, 7) is 0. The molecule has 2 heterocycles. The van der Waals surface area contributed by atoms with Crippen molar-refractivity contribution < 1.29 is 0 Å². The molecule has 0 atom stereocenters. The summed E-state index contributed by atoms with van der Waals surface area (Å²) in [5, 5.41) is 2.37. The standard InChI is InChI=1S/C33H20Br2N4/c34-24-14-16-29-27(19-24)28-20-25(35)15-17-30(28)39(29)26-13-7-12-23(18-26)33-37-31(21-8-3-1-4-9-21)36-32(38-33)22-10-5-2-6-11-22/h1-20H. The molecule has 0 spiro atoms. The second kappa shape index (κ2) is 9.88. The lowest BCUT2D eigenvalue weighted by Gasteiger charge is -2.11. The molecule has 0 aliphatic carbocycles. The Labute approximate surface area is 242 Å². The Bertz CT molecular complexity index is 1870. The predicted octanol–water partition coefficient (Wildman–Crippen LogP) is 9.49. The van der Waals surface area contributed by atoms with Crippen LogP contribution in [0.15, 0.2) is 130 Å². The fraction of sp³-hybridized carbons (Fsp3) is 0. The van der Waals surface area contributed by atoms with Gasteiger partial charge in [0, 0.05) is 42.1 Å². The number of nitrogens with zero attached hydrogens (tertiary/aromatic N) is 4. The molecule has 0 aliphatic rings. The molecule has 0 aliphatic heterocycles. The summed E-state index contributed by atoms with van der Waals surface area (Å²) >= 11 is 7.31. The fourth-order valence-corrected chi connectivity index (χ4v) is 5.69. The van der Waals surface area contributed by atoms with Gasteiger partial charge in [-0.3, -0.25) is 0 Å². The maximum Gasteiger partial charge on any atom is 0.164 e. The maximum atomic E-state index is 4.93. The number of rotatable bonds is 4. The van der Waals surface area contributed by atoms with Crippen LogP contribution in [0.1, 0.15) is 0 Å². The molecule has 0 unspecified atom stereocenters. The van der Waals surface area contributed by atoms with E-state index in [-0.39, 0.29) is 0 Å². The zero-order valence-corrected chi connectivity index (χ0v) is 23.8. The quantitative estimate of drug-likeness (QED) is 0.194.